The number of carbonyl (C=O) groups excluding carboxylic acids is 1. The van der Waals surface area contributed by atoms with Crippen LogP contribution < -0.4 is 14.8 Å². The van der Waals surface area contributed by atoms with Gasteiger partial charge in [-0.3, -0.25) is 4.79 Å². The van der Waals surface area contributed by atoms with Crippen molar-refractivity contribution in [1.82, 2.24) is 10.2 Å². The lowest BCUT2D eigenvalue weighted by atomic mass is 9.96. The van der Waals surface area contributed by atoms with Crippen LogP contribution in [-0.4, -0.2) is 45.2 Å². The van der Waals surface area contributed by atoms with Crippen LogP contribution in [0.15, 0.2) is 18.2 Å². The molecule has 0 radical (unpaired) electrons. The molecule has 1 aromatic carbocycles. The first-order valence-electron chi connectivity index (χ1n) is 7.31. The molecule has 1 aliphatic rings. The molecule has 0 spiro atoms. The number of piperidine rings is 1. The number of benzene rings is 1. The zero-order valence-electron chi connectivity index (χ0n) is 13.0. The predicted octanol–water partition coefficient (Wildman–Crippen LogP) is 1.66. The average Bonchev–Trinajstić information content (AvgIpc) is 2.52. The molecule has 1 aromatic rings. The quantitative estimate of drug-likeness (QED) is 0.897. The van der Waals surface area contributed by atoms with Crippen molar-refractivity contribution in [3.05, 3.63) is 23.8 Å². The van der Waals surface area contributed by atoms with Gasteiger partial charge >= 0.3 is 0 Å². The number of likely N-dealkylation sites (tertiary alicyclic amines) is 1. The summed E-state index contributed by atoms with van der Waals surface area (Å²) >= 11 is 0. The number of nitrogens with zero attached hydrogens (tertiary/aromatic N) is 1. The van der Waals surface area contributed by atoms with E-state index in [1.807, 2.05) is 18.2 Å². The summed E-state index contributed by atoms with van der Waals surface area (Å²) in [4.78, 5) is 14.4. The molecule has 0 atom stereocenters. The van der Waals surface area contributed by atoms with Gasteiger partial charge < -0.3 is 19.7 Å². The number of hydrogen-bond acceptors (Lipinski definition) is 4. The number of rotatable bonds is 5. The SMILES string of the molecule is COc1ccc(CNC(=O)C2CCN(C)CC2)cc1OC. The number of carbonyl (C=O) groups is 1. The van der Waals surface area contributed by atoms with E-state index in [-0.39, 0.29) is 11.8 Å². The van der Waals surface area contributed by atoms with Crippen LogP contribution >= 0.6 is 0 Å². The van der Waals surface area contributed by atoms with Crippen molar-refractivity contribution in [3.8, 4) is 11.5 Å². The molecule has 116 valence electrons. The predicted molar refractivity (Wildman–Crippen MR) is 81.6 cm³/mol. The van der Waals surface area contributed by atoms with E-state index < -0.39 is 0 Å². The highest BCUT2D eigenvalue weighted by Gasteiger charge is 2.22. The van der Waals surface area contributed by atoms with Crippen molar-refractivity contribution in [3.63, 3.8) is 0 Å². The van der Waals surface area contributed by atoms with Crippen molar-refractivity contribution in [1.29, 1.82) is 0 Å². The van der Waals surface area contributed by atoms with Crippen molar-refractivity contribution < 1.29 is 14.3 Å². The molecule has 0 unspecified atom stereocenters. The molecule has 2 rings (SSSR count). The first kappa shape index (κ1) is 15.6. The second-order valence-electron chi connectivity index (χ2n) is 5.48. The number of amides is 1. The van der Waals surface area contributed by atoms with E-state index in [1.54, 1.807) is 14.2 Å². The third-order valence-electron chi connectivity index (χ3n) is 4.00. The van der Waals surface area contributed by atoms with Gasteiger partial charge in [0.25, 0.3) is 0 Å². The fourth-order valence-electron chi connectivity index (χ4n) is 2.59. The molecule has 1 N–H and O–H groups in total. The largest absolute Gasteiger partial charge is 0.493 e. The summed E-state index contributed by atoms with van der Waals surface area (Å²) in [5.74, 6) is 1.67. The van der Waals surface area contributed by atoms with Crippen molar-refractivity contribution in [2.24, 2.45) is 5.92 Å². The van der Waals surface area contributed by atoms with Gasteiger partial charge in [-0.15, -0.1) is 0 Å². The highest BCUT2D eigenvalue weighted by molar-refractivity contribution is 5.78. The summed E-state index contributed by atoms with van der Waals surface area (Å²) in [5, 5.41) is 3.02. The molecule has 21 heavy (non-hydrogen) atoms. The summed E-state index contributed by atoms with van der Waals surface area (Å²) in [6.07, 6.45) is 1.88. The number of hydrogen-bond donors (Lipinski definition) is 1. The lowest BCUT2D eigenvalue weighted by Gasteiger charge is -2.28. The lowest BCUT2D eigenvalue weighted by molar-refractivity contribution is -0.126. The lowest BCUT2D eigenvalue weighted by Crippen LogP contribution is -2.38. The Morgan fingerprint density at radius 1 is 1.24 bits per heavy atom. The molecule has 5 nitrogen and oxygen atoms in total. The second kappa shape index (κ2) is 7.31. The monoisotopic (exact) mass is 292 g/mol. The maximum absolute atomic E-state index is 12.2. The van der Waals surface area contributed by atoms with Crippen LogP contribution in [0.5, 0.6) is 11.5 Å². The van der Waals surface area contributed by atoms with Crippen LogP contribution in [-0.2, 0) is 11.3 Å². The number of nitrogens with one attached hydrogen (secondary N) is 1. The topological polar surface area (TPSA) is 50.8 Å². The van der Waals surface area contributed by atoms with E-state index in [4.69, 9.17) is 9.47 Å². The number of methoxy groups -OCH3 is 2. The molecule has 0 aliphatic carbocycles. The summed E-state index contributed by atoms with van der Waals surface area (Å²) in [6.45, 7) is 2.51. The van der Waals surface area contributed by atoms with Crippen LogP contribution in [0.2, 0.25) is 0 Å². The van der Waals surface area contributed by atoms with E-state index in [1.165, 1.54) is 0 Å². The smallest absolute Gasteiger partial charge is 0.223 e. The Morgan fingerprint density at radius 2 is 1.90 bits per heavy atom. The summed E-state index contributed by atoms with van der Waals surface area (Å²) in [5.41, 5.74) is 1.01. The molecular weight excluding hydrogens is 268 g/mol. The molecule has 0 saturated carbocycles. The van der Waals surface area contributed by atoms with Crippen LogP contribution in [0.3, 0.4) is 0 Å². The van der Waals surface area contributed by atoms with Gasteiger partial charge in [0.05, 0.1) is 14.2 Å². The minimum absolute atomic E-state index is 0.140. The van der Waals surface area contributed by atoms with E-state index in [0.29, 0.717) is 18.0 Å². The minimum Gasteiger partial charge on any atom is -0.493 e. The Kier molecular flexibility index (Phi) is 5.44. The van der Waals surface area contributed by atoms with E-state index in [2.05, 4.69) is 17.3 Å². The second-order valence-corrected chi connectivity index (χ2v) is 5.48. The molecule has 1 amide bonds. The maximum Gasteiger partial charge on any atom is 0.223 e. The Morgan fingerprint density at radius 3 is 2.52 bits per heavy atom. The Hall–Kier alpha value is -1.75. The van der Waals surface area contributed by atoms with Gasteiger partial charge in [0.15, 0.2) is 11.5 Å². The van der Waals surface area contributed by atoms with Crippen LogP contribution in [0.4, 0.5) is 0 Å². The van der Waals surface area contributed by atoms with Gasteiger partial charge in [-0.1, -0.05) is 6.07 Å². The first-order chi connectivity index (χ1) is 10.1. The first-order valence-corrected chi connectivity index (χ1v) is 7.31. The molecule has 0 bridgehead atoms. The van der Waals surface area contributed by atoms with Crippen molar-refractivity contribution in [2.45, 2.75) is 19.4 Å². The van der Waals surface area contributed by atoms with Gasteiger partial charge in [-0.05, 0) is 50.7 Å². The van der Waals surface area contributed by atoms with Crippen molar-refractivity contribution in [2.75, 3.05) is 34.4 Å². The van der Waals surface area contributed by atoms with E-state index in [0.717, 1.165) is 31.5 Å². The highest BCUT2D eigenvalue weighted by Crippen LogP contribution is 2.27. The summed E-state index contributed by atoms with van der Waals surface area (Å²) in [6, 6.07) is 5.69. The van der Waals surface area contributed by atoms with Crippen LogP contribution in [0, 0.1) is 5.92 Å². The standard InChI is InChI=1S/C16H24N2O3/c1-18-8-6-13(7-9-18)16(19)17-11-12-4-5-14(20-2)15(10-12)21-3/h4-5,10,13H,6-9,11H2,1-3H3,(H,17,19). The zero-order valence-corrected chi connectivity index (χ0v) is 13.0. The van der Waals surface area contributed by atoms with Gasteiger partial charge in [0.1, 0.15) is 0 Å². The summed E-state index contributed by atoms with van der Waals surface area (Å²) in [7, 11) is 5.32. The normalized spacial score (nSPS) is 16.5. The summed E-state index contributed by atoms with van der Waals surface area (Å²) < 4.78 is 10.5. The van der Waals surface area contributed by atoms with Crippen LogP contribution in [0.1, 0.15) is 18.4 Å². The third-order valence-corrected chi connectivity index (χ3v) is 4.00. The minimum atomic E-state index is 0.140. The average molecular weight is 292 g/mol. The highest BCUT2D eigenvalue weighted by atomic mass is 16.5. The molecule has 1 fully saturated rings. The molecular formula is C16H24N2O3. The fourth-order valence-corrected chi connectivity index (χ4v) is 2.59. The zero-order chi connectivity index (χ0) is 15.2. The van der Waals surface area contributed by atoms with Gasteiger partial charge in [-0.2, -0.15) is 0 Å². The Labute approximate surface area is 126 Å². The molecule has 0 aromatic heterocycles. The van der Waals surface area contributed by atoms with Crippen molar-refractivity contribution >= 4 is 5.91 Å². The molecule has 1 heterocycles. The fraction of sp³-hybridized carbons (Fsp3) is 0.562. The molecule has 1 aliphatic heterocycles. The van der Waals surface area contributed by atoms with Gasteiger partial charge in [0, 0.05) is 12.5 Å². The molecule has 1 saturated heterocycles. The van der Waals surface area contributed by atoms with E-state index in [9.17, 15) is 4.79 Å². The van der Waals surface area contributed by atoms with Crippen LogP contribution in [0.25, 0.3) is 0 Å². The number of ether oxygens (including phenoxy) is 2. The van der Waals surface area contributed by atoms with Gasteiger partial charge in [-0.25, -0.2) is 0 Å². The van der Waals surface area contributed by atoms with E-state index >= 15 is 0 Å². The third kappa shape index (κ3) is 4.11. The molecule has 5 heteroatoms. The Balaban J connectivity index is 1.89. The van der Waals surface area contributed by atoms with Gasteiger partial charge in [0.2, 0.25) is 5.91 Å². The maximum atomic E-state index is 12.2. The Bertz CT molecular complexity index is 482.